The zero-order valence-electron chi connectivity index (χ0n) is 22.1. The van der Waals surface area contributed by atoms with Gasteiger partial charge in [0.15, 0.2) is 0 Å². The number of nitrogens with one attached hydrogen (secondary N) is 3. The zero-order valence-corrected chi connectivity index (χ0v) is 22.9. The van der Waals surface area contributed by atoms with Gasteiger partial charge in [-0.15, -0.1) is 11.3 Å². The van der Waals surface area contributed by atoms with Crippen molar-refractivity contribution in [2.24, 2.45) is 10.8 Å². The minimum atomic E-state index is -0.730. The summed E-state index contributed by atoms with van der Waals surface area (Å²) in [6, 6.07) is 6.69. The molecule has 1 aromatic heterocycles. The number of amides is 2. The molecule has 10 heteroatoms. The molecule has 2 amide bonds. The van der Waals surface area contributed by atoms with Gasteiger partial charge in [-0.2, -0.15) is 0 Å². The van der Waals surface area contributed by atoms with E-state index in [1.54, 1.807) is 16.2 Å². The normalized spacial score (nSPS) is 21.7. The molecular formula is C27H37N5O4S. The summed E-state index contributed by atoms with van der Waals surface area (Å²) < 4.78 is 5.23. The molecule has 200 valence electrons. The summed E-state index contributed by atoms with van der Waals surface area (Å²) in [5, 5.41) is 25.4. The van der Waals surface area contributed by atoms with E-state index in [-0.39, 0.29) is 30.6 Å². The maximum atomic E-state index is 13.2. The molecule has 3 atom stereocenters. The van der Waals surface area contributed by atoms with Crippen LogP contribution >= 0.6 is 11.3 Å². The van der Waals surface area contributed by atoms with Crippen LogP contribution in [0.3, 0.4) is 0 Å². The van der Waals surface area contributed by atoms with Crippen molar-refractivity contribution in [2.75, 3.05) is 19.8 Å². The number of β-amino-alcohol motifs (C(OH)–C–C–N with tert-alkyl or cyclic N) is 1. The van der Waals surface area contributed by atoms with Crippen LogP contribution in [0.2, 0.25) is 0 Å². The van der Waals surface area contributed by atoms with Gasteiger partial charge in [-0.3, -0.25) is 15.0 Å². The Morgan fingerprint density at radius 2 is 1.97 bits per heavy atom. The van der Waals surface area contributed by atoms with Crippen LogP contribution in [0.5, 0.6) is 0 Å². The van der Waals surface area contributed by atoms with Crippen molar-refractivity contribution >= 4 is 29.0 Å². The summed E-state index contributed by atoms with van der Waals surface area (Å²) in [6.45, 7) is 10.9. The van der Waals surface area contributed by atoms with Crippen LogP contribution in [0.15, 0.2) is 29.8 Å². The quantitative estimate of drug-likeness (QED) is 0.324. The van der Waals surface area contributed by atoms with E-state index >= 15 is 0 Å². The molecule has 0 spiro atoms. The molecule has 0 unspecified atom stereocenters. The van der Waals surface area contributed by atoms with Crippen molar-refractivity contribution in [3.63, 3.8) is 0 Å². The Hall–Kier alpha value is -2.82. The number of ether oxygens (including phenoxy) is 1. The number of rotatable bonds is 7. The average Bonchev–Trinajstić information content (AvgIpc) is 3.43. The van der Waals surface area contributed by atoms with Crippen molar-refractivity contribution in [3.05, 3.63) is 41.0 Å². The average molecular weight is 528 g/mol. The number of carbonyl (C=O) groups is 2. The highest BCUT2D eigenvalue weighted by atomic mass is 32.1. The molecule has 2 aliphatic rings. The van der Waals surface area contributed by atoms with Crippen LogP contribution in [0.4, 0.5) is 0 Å². The van der Waals surface area contributed by atoms with Gasteiger partial charge in [-0.25, -0.2) is 4.98 Å². The number of benzene rings is 1. The monoisotopic (exact) mass is 527 g/mol. The molecular weight excluding hydrogens is 490 g/mol. The SMILES string of the molecule is Cc1ncsc1-c1ccc(CNC(=O)[C@@H]2C[C@@H](O)CN2C(=N)[C@@H](NC(=O)C2(C)COC2)C(C)(C)C)cc1. The Morgan fingerprint density at radius 3 is 2.51 bits per heavy atom. The molecule has 9 nitrogen and oxygen atoms in total. The first-order valence-electron chi connectivity index (χ1n) is 12.6. The van der Waals surface area contributed by atoms with Crippen molar-refractivity contribution in [2.45, 2.75) is 65.8 Å². The van der Waals surface area contributed by atoms with E-state index in [4.69, 9.17) is 10.1 Å². The number of carbonyl (C=O) groups excluding carboxylic acids is 2. The Kier molecular flexibility index (Phi) is 7.73. The Morgan fingerprint density at radius 1 is 1.30 bits per heavy atom. The lowest BCUT2D eigenvalue weighted by Crippen LogP contribution is -2.61. The molecule has 2 saturated heterocycles. The van der Waals surface area contributed by atoms with E-state index in [9.17, 15) is 14.7 Å². The number of aliphatic hydroxyl groups excluding tert-OH is 1. The molecule has 0 aliphatic carbocycles. The third-order valence-electron chi connectivity index (χ3n) is 7.12. The highest BCUT2D eigenvalue weighted by molar-refractivity contribution is 7.13. The minimum absolute atomic E-state index is 0.130. The number of hydrogen-bond donors (Lipinski definition) is 4. The van der Waals surface area contributed by atoms with E-state index in [1.807, 2.05) is 64.4 Å². The Labute approximate surface area is 222 Å². The highest BCUT2D eigenvalue weighted by Gasteiger charge is 2.46. The Bertz CT molecular complexity index is 1150. The maximum absolute atomic E-state index is 13.2. The number of aryl methyl sites for hydroxylation is 1. The fourth-order valence-corrected chi connectivity index (χ4v) is 5.51. The maximum Gasteiger partial charge on any atom is 0.243 e. The van der Waals surface area contributed by atoms with Crippen molar-refractivity contribution in [1.29, 1.82) is 5.41 Å². The summed E-state index contributed by atoms with van der Waals surface area (Å²) in [6.07, 6.45) is -0.499. The largest absolute Gasteiger partial charge is 0.391 e. The first kappa shape index (κ1) is 27.2. The molecule has 2 aromatic rings. The van der Waals surface area contributed by atoms with Gasteiger partial charge >= 0.3 is 0 Å². The van der Waals surface area contributed by atoms with E-state index in [2.05, 4.69) is 15.6 Å². The molecule has 1 aromatic carbocycles. The topological polar surface area (TPSA) is 128 Å². The van der Waals surface area contributed by atoms with Crippen LogP contribution in [-0.2, 0) is 20.9 Å². The molecule has 4 rings (SSSR count). The molecule has 0 radical (unpaired) electrons. The van der Waals surface area contributed by atoms with Gasteiger partial charge in [0.05, 0.1) is 46.9 Å². The number of amidine groups is 1. The predicted octanol–water partition coefficient (Wildman–Crippen LogP) is 2.71. The summed E-state index contributed by atoms with van der Waals surface area (Å²) >= 11 is 1.60. The van der Waals surface area contributed by atoms with Gasteiger partial charge in [0.1, 0.15) is 11.9 Å². The van der Waals surface area contributed by atoms with Gasteiger partial charge < -0.3 is 25.4 Å². The first-order chi connectivity index (χ1) is 17.4. The fourth-order valence-electron chi connectivity index (χ4n) is 4.69. The molecule has 2 fully saturated rings. The van der Waals surface area contributed by atoms with Gasteiger partial charge in [0.25, 0.3) is 0 Å². The summed E-state index contributed by atoms with van der Waals surface area (Å²) in [4.78, 5) is 33.2. The molecule has 0 bridgehead atoms. The first-order valence-corrected chi connectivity index (χ1v) is 13.5. The standard InChI is InChI=1S/C27H37N5O4S/c1-16-21(37-15-30-16)18-8-6-17(7-9-18)11-29-24(34)20-10-19(33)12-32(20)23(28)22(26(2,3)4)31-25(35)27(5)13-36-14-27/h6-9,15,19-20,22,28,33H,10-14H2,1-5H3,(H,29,34)(H,31,35)/t19-,20+,22-/m1/s1. The molecule has 37 heavy (non-hydrogen) atoms. The fraction of sp³-hybridized carbons (Fsp3) is 0.556. The summed E-state index contributed by atoms with van der Waals surface area (Å²) in [5.74, 6) is -0.283. The van der Waals surface area contributed by atoms with Crippen LogP contribution in [0, 0.1) is 23.2 Å². The Balaban J connectivity index is 1.42. The van der Waals surface area contributed by atoms with E-state index < -0.39 is 29.0 Å². The molecule has 4 N–H and O–H groups in total. The molecule has 0 saturated carbocycles. The van der Waals surface area contributed by atoms with E-state index in [0.717, 1.165) is 21.7 Å². The number of thiazole rings is 1. The number of hydrogen-bond acceptors (Lipinski definition) is 7. The highest BCUT2D eigenvalue weighted by Crippen LogP contribution is 2.31. The van der Waals surface area contributed by atoms with E-state index in [0.29, 0.717) is 19.8 Å². The van der Waals surface area contributed by atoms with Gasteiger partial charge in [0, 0.05) is 19.5 Å². The second kappa shape index (κ2) is 10.5. The molecule has 2 aliphatic heterocycles. The van der Waals surface area contributed by atoms with Crippen LogP contribution in [0.25, 0.3) is 10.4 Å². The third kappa shape index (κ3) is 5.86. The van der Waals surface area contributed by atoms with E-state index in [1.165, 1.54) is 0 Å². The lowest BCUT2D eigenvalue weighted by atomic mass is 9.82. The molecule has 3 heterocycles. The number of nitrogens with zero attached hydrogens (tertiary/aromatic N) is 2. The van der Waals surface area contributed by atoms with Crippen LogP contribution in [-0.4, -0.2) is 70.6 Å². The van der Waals surface area contributed by atoms with Crippen molar-refractivity contribution in [3.8, 4) is 10.4 Å². The van der Waals surface area contributed by atoms with Crippen LogP contribution in [0.1, 0.15) is 45.4 Å². The lowest BCUT2D eigenvalue weighted by Gasteiger charge is -2.42. The number of likely N-dealkylation sites (tertiary alicyclic amines) is 1. The lowest BCUT2D eigenvalue weighted by molar-refractivity contribution is -0.158. The summed E-state index contributed by atoms with van der Waals surface area (Å²) in [5.41, 5.74) is 3.78. The number of aliphatic hydroxyl groups is 1. The third-order valence-corrected chi connectivity index (χ3v) is 8.10. The summed E-state index contributed by atoms with van der Waals surface area (Å²) in [7, 11) is 0. The number of aromatic nitrogens is 1. The smallest absolute Gasteiger partial charge is 0.243 e. The van der Waals surface area contributed by atoms with Crippen molar-refractivity contribution in [1.82, 2.24) is 20.5 Å². The van der Waals surface area contributed by atoms with Crippen molar-refractivity contribution < 1.29 is 19.4 Å². The van der Waals surface area contributed by atoms with Crippen LogP contribution < -0.4 is 10.6 Å². The van der Waals surface area contributed by atoms with Gasteiger partial charge in [-0.1, -0.05) is 45.0 Å². The second-order valence-electron chi connectivity index (χ2n) is 11.5. The predicted molar refractivity (Wildman–Crippen MR) is 143 cm³/mol. The second-order valence-corrected chi connectivity index (χ2v) is 12.3. The zero-order chi connectivity index (χ0) is 27.0. The van der Waals surface area contributed by atoms with Gasteiger partial charge in [0.2, 0.25) is 11.8 Å². The minimum Gasteiger partial charge on any atom is -0.391 e. The van der Waals surface area contributed by atoms with Gasteiger partial charge in [-0.05, 0) is 30.4 Å².